The number of anilines is 1. The molecular weight excluding hydrogens is 382 g/mol. The maximum Gasteiger partial charge on any atom is 0.322 e. The summed E-state index contributed by atoms with van der Waals surface area (Å²) in [7, 11) is 0. The van der Waals surface area contributed by atoms with E-state index >= 15 is 0 Å². The number of hydrogen-bond acceptors (Lipinski definition) is 5. The molecule has 4 aromatic rings. The van der Waals surface area contributed by atoms with Crippen molar-refractivity contribution in [2.45, 2.75) is 33.0 Å². The number of benzene rings is 1. The van der Waals surface area contributed by atoms with Gasteiger partial charge in [0.2, 0.25) is 0 Å². The molecule has 3 heterocycles. The van der Waals surface area contributed by atoms with Crippen molar-refractivity contribution in [2.75, 3.05) is 5.32 Å². The van der Waals surface area contributed by atoms with Crippen molar-refractivity contribution in [3.63, 3.8) is 0 Å². The number of pyridine rings is 1. The van der Waals surface area contributed by atoms with Gasteiger partial charge in [0.1, 0.15) is 11.5 Å². The average molecular weight is 405 g/mol. The number of aromatic hydroxyl groups is 1. The van der Waals surface area contributed by atoms with Gasteiger partial charge in [0.05, 0.1) is 37.4 Å². The number of nitrogens with one attached hydrogen (secondary N) is 1. The number of carbonyl (C=O) groups is 1. The molecule has 0 spiro atoms. The Morgan fingerprint density at radius 2 is 2.03 bits per heavy atom. The van der Waals surface area contributed by atoms with Gasteiger partial charge in [-0.3, -0.25) is 0 Å². The summed E-state index contributed by atoms with van der Waals surface area (Å²) in [5.74, 6) is 0.784. The molecule has 3 aromatic heterocycles. The second-order valence-corrected chi connectivity index (χ2v) is 7.31. The summed E-state index contributed by atoms with van der Waals surface area (Å²) in [6.07, 6.45) is 4.92. The summed E-state index contributed by atoms with van der Waals surface area (Å²) < 4.78 is 7.24. The Morgan fingerprint density at radius 3 is 2.77 bits per heavy atom. The molecule has 8 nitrogen and oxygen atoms in total. The molecule has 0 fully saturated rings. The van der Waals surface area contributed by atoms with Gasteiger partial charge in [-0.25, -0.2) is 14.5 Å². The second-order valence-electron chi connectivity index (χ2n) is 7.31. The van der Waals surface area contributed by atoms with E-state index in [4.69, 9.17) is 4.42 Å². The van der Waals surface area contributed by atoms with E-state index in [0.29, 0.717) is 17.0 Å². The number of aromatic nitrogens is 3. The van der Waals surface area contributed by atoms with Gasteiger partial charge in [0, 0.05) is 17.0 Å². The number of phenolic OH excluding ortho intramolecular Hbond substituents is 1. The molecule has 2 amide bonds. The van der Waals surface area contributed by atoms with E-state index in [1.165, 1.54) is 0 Å². The third-order valence-electron chi connectivity index (χ3n) is 4.74. The summed E-state index contributed by atoms with van der Waals surface area (Å²) in [6.45, 7) is 4.55. The zero-order valence-electron chi connectivity index (χ0n) is 16.8. The van der Waals surface area contributed by atoms with Gasteiger partial charge in [0.25, 0.3) is 0 Å². The number of urea groups is 1. The van der Waals surface area contributed by atoms with Crippen LogP contribution in [0, 0.1) is 0 Å². The first-order chi connectivity index (χ1) is 14.5. The van der Waals surface area contributed by atoms with Gasteiger partial charge < -0.3 is 19.7 Å². The lowest BCUT2D eigenvalue weighted by Gasteiger charge is -2.22. The summed E-state index contributed by atoms with van der Waals surface area (Å²) in [4.78, 5) is 19.1. The fourth-order valence-electron chi connectivity index (χ4n) is 3.23. The lowest BCUT2D eigenvalue weighted by Crippen LogP contribution is -2.34. The largest absolute Gasteiger partial charge is 0.508 e. The fraction of sp³-hybridized carbons (Fsp3) is 0.227. The fourth-order valence-corrected chi connectivity index (χ4v) is 3.23. The van der Waals surface area contributed by atoms with Crippen molar-refractivity contribution >= 4 is 22.8 Å². The van der Waals surface area contributed by atoms with Gasteiger partial charge >= 0.3 is 6.03 Å². The molecular formula is C22H23N5O3. The predicted molar refractivity (Wildman–Crippen MR) is 113 cm³/mol. The number of nitrogens with zero attached hydrogens (tertiary/aromatic N) is 4. The third-order valence-corrected chi connectivity index (χ3v) is 4.74. The van der Waals surface area contributed by atoms with E-state index in [9.17, 15) is 9.90 Å². The highest BCUT2D eigenvalue weighted by Gasteiger charge is 2.18. The SMILES string of the molecule is CC(C)n1ncc2cc(NC(=O)N(Cc3ccco3)Cc3ccccc3O)cnc21. The molecule has 0 bridgehead atoms. The Bertz CT molecular complexity index is 1150. The molecule has 0 aliphatic rings. The molecule has 154 valence electrons. The summed E-state index contributed by atoms with van der Waals surface area (Å²) in [6, 6.07) is 12.2. The lowest BCUT2D eigenvalue weighted by molar-refractivity contribution is 0.200. The molecule has 4 rings (SSSR count). The highest BCUT2D eigenvalue weighted by Crippen LogP contribution is 2.22. The zero-order valence-corrected chi connectivity index (χ0v) is 16.8. The number of hydrogen-bond donors (Lipinski definition) is 2. The summed E-state index contributed by atoms with van der Waals surface area (Å²) >= 11 is 0. The number of furan rings is 1. The Morgan fingerprint density at radius 1 is 1.20 bits per heavy atom. The van der Waals surface area contributed by atoms with Gasteiger partial charge in [-0.15, -0.1) is 0 Å². The molecule has 30 heavy (non-hydrogen) atoms. The van der Waals surface area contributed by atoms with Gasteiger partial charge in [-0.05, 0) is 38.1 Å². The first-order valence-electron chi connectivity index (χ1n) is 9.69. The van der Waals surface area contributed by atoms with E-state index < -0.39 is 0 Å². The Kier molecular flexibility index (Phi) is 5.38. The van der Waals surface area contributed by atoms with Crippen LogP contribution in [0.3, 0.4) is 0 Å². The van der Waals surface area contributed by atoms with Crippen LogP contribution < -0.4 is 5.32 Å². The molecule has 1 aromatic carbocycles. The topological polar surface area (TPSA) is 96.4 Å². The number of phenols is 1. The monoisotopic (exact) mass is 405 g/mol. The first kappa shape index (κ1) is 19.5. The molecule has 0 radical (unpaired) electrons. The van der Waals surface area contributed by atoms with Crippen molar-refractivity contribution in [2.24, 2.45) is 0 Å². The van der Waals surface area contributed by atoms with E-state index in [2.05, 4.69) is 15.4 Å². The number of rotatable bonds is 6. The van der Waals surface area contributed by atoms with Crippen LogP contribution in [0.4, 0.5) is 10.5 Å². The quantitative estimate of drug-likeness (QED) is 0.491. The minimum atomic E-state index is -0.327. The van der Waals surface area contributed by atoms with Crippen LogP contribution in [-0.4, -0.2) is 30.8 Å². The van der Waals surface area contributed by atoms with Crippen LogP contribution in [0.5, 0.6) is 5.75 Å². The summed E-state index contributed by atoms with van der Waals surface area (Å²) in [5.41, 5.74) is 1.98. The van der Waals surface area contributed by atoms with Crippen LogP contribution in [0.25, 0.3) is 11.0 Å². The van der Waals surface area contributed by atoms with Crippen molar-refractivity contribution in [1.82, 2.24) is 19.7 Å². The summed E-state index contributed by atoms with van der Waals surface area (Å²) in [5, 5.41) is 18.2. The number of fused-ring (bicyclic) bond motifs is 1. The van der Waals surface area contributed by atoms with E-state index in [1.54, 1.807) is 53.9 Å². The molecule has 0 unspecified atom stereocenters. The van der Waals surface area contributed by atoms with Crippen LogP contribution in [-0.2, 0) is 13.1 Å². The molecule has 0 atom stereocenters. The average Bonchev–Trinajstić information content (AvgIpc) is 3.38. The van der Waals surface area contributed by atoms with Gasteiger partial charge in [-0.2, -0.15) is 5.10 Å². The highest BCUT2D eigenvalue weighted by molar-refractivity contribution is 5.91. The number of amides is 2. The molecule has 0 saturated heterocycles. The van der Waals surface area contributed by atoms with E-state index in [-0.39, 0.29) is 30.9 Å². The Balaban J connectivity index is 1.56. The highest BCUT2D eigenvalue weighted by atomic mass is 16.3. The Hall–Kier alpha value is -3.81. The molecule has 0 saturated carbocycles. The second kappa shape index (κ2) is 8.28. The smallest absolute Gasteiger partial charge is 0.322 e. The van der Waals surface area contributed by atoms with Crippen molar-refractivity contribution < 1.29 is 14.3 Å². The lowest BCUT2D eigenvalue weighted by atomic mass is 10.2. The van der Waals surface area contributed by atoms with Gasteiger partial charge in [0.15, 0.2) is 5.65 Å². The van der Waals surface area contributed by atoms with Crippen LogP contribution in [0.15, 0.2) is 65.5 Å². The normalized spacial score (nSPS) is 11.2. The predicted octanol–water partition coefficient (Wildman–Crippen LogP) is 4.55. The van der Waals surface area contributed by atoms with E-state index in [0.717, 1.165) is 11.0 Å². The van der Waals surface area contributed by atoms with Crippen molar-refractivity contribution in [3.8, 4) is 5.75 Å². The maximum absolute atomic E-state index is 13.0. The van der Waals surface area contributed by atoms with Gasteiger partial charge in [-0.1, -0.05) is 18.2 Å². The van der Waals surface area contributed by atoms with Crippen LogP contribution >= 0.6 is 0 Å². The minimum absolute atomic E-state index is 0.138. The molecule has 0 aliphatic carbocycles. The third kappa shape index (κ3) is 4.12. The molecule has 8 heteroatoms. The minimum Gasteiger partial charge on any atom is -0.508 e. The van der Waals surface area contributed by atoms with Crippen LogP contribution in [0.2, 0.25) is 0 Å². The first-order valence-corrected chi connectivity index (χ1v) is 9.69. The molecule has 2 N–H and O–H groups in total. The number of para-hydroxylation sites is 1. The van der Waals surface area contributed by atoms with Crippen molar-refractivity contribution in [1.29, 1.82) is 0 Å². The Labute approximate surface area is 173 Å². The molecule has 0 aliphatic heterocycles. The standard InChI is InChI=1S/C22H23N5O3/c1-15(2)27-21-17(11-24-27)10-18(12-23-21)25-22(29)26(14-19-7-5-9-30-19)13-16-6-3-4-8-20(16)28/h3-12,15,28H,13-14H2,1-2H3,(H,25,29). The zero-order chi connectivity index (χ0) is 21.1. The van der Waals surface area contributed by atoms with Crippen molar-refractivity contribution in [3.05, 3.63) is 72.4 Å². The maximum atomic E-state index is 13.0. The van der Waals surface area contributed by atoms with Crippen LogP contribution in [0.1, 0.15) is 31.2 Å². The number of carbonyl (C=O) groups excluding carboxylic acids is 1. The van der Waals surface area contributed by atoms with E-state index in [1.807, 2.05) is 30.7 Å².